The van der Waals surface area contributed by atoms with E-state index in [1.54, 1.807) is 7.11 Å². The molecule has 0 aromatic rings. The molecule has 1 amide bonds. The van der Waals surface area contributed by atoms with Crippen LogP contribution in [0, 0.1) is 0 Å². The highest BCUT2D eigenvalue weighted by atomic mass is 16.6. The normalized spacial score (nSPS) is 20.7. The van der Waals surface area contributed by atoms with Crippen molar-refractivity contribution in [2.24, 2.45) is 0 Å². The van der Waals surface area contributed by atoms with Crippen molar-refractivity contribution in [1.82, 2.24) is 10.6 Å². The van der Waals surface area contributed by atoms with Gasteiger partial charge in [-0.3, -0.25) is 0 Å². The second-order valence-electron chi connectivity index (χ2n) is 6.87. The van der Waals surface area contributed by atoms with Gasteiger partial charge in [-0.15, -0.1) is 0 Å². The van der Waals surface area contributed by atoms with Gasteiger partial charge in [0, 0.05) is 19.7 Å². The highest BCUT2D eigenvalue weighted by Gasteiger charge is 2.39. The lowest BCUT2D eigenvalue weighted by atomic mass is 9.76. The SMILES string of the molecule is COC(C)C(C)NCC1(NC(=O)OC(C)(C)C)CCC1. The minimum atomic E-state index is -0.458. The number of carbonyl (C=O) groups is 1. The molecule has 0 aromatic heterocycles. The van der Waals surface area contributed by atoms with E-state index in [0.717, 1.165) is 25.8 Å². The molecule has 1 aliphatic carbocycles. The van der Waals surface area contributed by atoms with Gasteiger partial charge < -0.3 is 20.1 Å². The Morgan fingerprint density at radius 2 is 1.90 bits per heavy atom. The van der Waals surface area contributed by atoms with E-state index in [1.165, 1.54) is 0 Å². The highest BCUT2D eigenvalue weighted by Crippen LogP contribution is 2.31. The van der Waals surface area contributed by atoms with Crippen LogP contribution in [0.1, 0.15) is 53.9 Å². The van der Waals surface area contributed by atoms with Gasteiger partial charge in [-0.05, 0) is 53.9 Å². The lowest BCUT2D eigenvalue weighted by molar-refractivity contribution is 0.0360. The van der Waals surface area contributed by atoms with Gasteiger partial charge in [0.05, 0.1) is 11.6 Å². The molecule has 0 aliphatic heterocycles. The quantitative estimate of drug-likeness (QED) is 0.787. The second kappa shape index (κ2) is 6.76. The number of methoxy groups -OCH3 is 1. The number of carbonyl (C=O) groups excluding carboxylic acids is 1. The molecule has 0 saturated heterocycles. The average molecular weight is 286 g/mol. The van der Waals surface area contributed by atoms with Crippen molar-refractivity contribution in [2.45, 2.75) is 77.2 Å². The van der Waals surface area contributed by atoms with Crippen LogP contribution in [0.3, 0.4) is 0 Å². The predicted molar refractivity (Wildman–Crippen MR) is 79.9 cm³/mol. The molecule has 0 heterocycles. The van der Waals surface area contributed by atoms with Gasteiger partial charge in [-0.25, -0.2) is 4.79 Å². The van der Waals surface area contributed by atoms with Crippen molar-refractivity contribution in [1.29, 1.82) is 0 Å². The molecule has 2 atom stereocenters. The van der Waals surface area contributed by atoms with Crippen molar-refractivity contribution >= 4 is 6.09 Å². The fraction of sp³-hybridized carbons (Fsp3) is 0.933. The first-order valence-electron chi connectivity index (χ1n) is 7.45. The summed E-state index contributed by atoms with van der Waals surface area (Å²) in [5.74, 6) is 0. The van der Waals surface area contributed by atoms with Crippen LogP contribution in [-0.2, 0) is 9.47 Å². The topological polar surface area (TPSA) is 59.6 Å². The van der Waals surface area contributed by atoms with Crippen LogP contribution in [0.4, 0.5) is 4.79 Å². The Hall–Kier alpha value is -0.810. The number of rotatable bonds is 6. The van der Waals surface area contributed by atoms with Crippen molar-refractivity contribution in [3.8, 4) is 0 Å². The Labute approximate surface area is 122 Å². The third kappa shape index (κ3) is 5.29. The summed E-state index contributed by atoms with van der Waals surface area (Å²) in [4.78, 5) is 11.9. The fourth-order valence-corrected chi connectivity index (χ4v) is 2.20. The number of nitrogens with one attached hydrogen (secondary N) is 2. The molecule has 0 aromatic carbocycles. The number of amides is 1. The third-order valence-electron chi connectivity index (χ3n) is 3.92. The molecule has 5 heteroatoms. The Kier molecular flexibility index (Phi) is 5.83. The zero-order valence-electron chi connectivity index (χ0n) is 13.7. The summed E-state index contributed by atoms with van der Waals surface area (Å²) in [6.07, 6.45) is 2.95. The van der Waals surface area contributed by atoms with Gasteiger partial charge in [0.15, 0.2) is 0 Å². The molecule has 1 saturated carbocycles. The van der Waals surface area contributed by atoms with Crippen molar-refractivity contribution in [3.63, 3.8) is 0 Å². The second-order valence-corrected chi connectivity index (χ2v) is 6.87. The molecule has 1 aliphatic rings. The zero-order valence-corrected chi connectivity index (χ0v) is 13.7. The largest absolute Gasteiger partial charge is 0.444 e. The van der Waals surface area contributed by atoms with E-state index in [-0.39, 0.29) is 23.8 Å². The van der Waals surface area contributed by atoms with Crippen molar-refractivity contribution in [3.05, 3.63) is 0 Å². The minimum Gasteiger partial charge on any atom is -0.444 e. The molecule has 2 N–H and O–H groups in total. The smallest absolute Gasteiger partial charge is 0.408 e. The standard InChI is InChI=1S/C15H30N2O3/c1-11(12(2)19-6)16-10-15(8-7-9-15)17-13(18)20-14(3,4)5/h11-12,16H,7-10H2,1-6H3,(H,17,18). The molecule has 20 heavy (non-hydrogen) atoms. The molecule has 1 rings (SSSR count). The van der Waals surface area contributed by atoms with Crippen LogP contribution >= 0.6 is 0 Å². The van der Waals surface area contributed by atoms with Crippen LogP contribution < -0.4 is 10.6 Å². The van der Waals surface area contributed by atoms with E-state index in [2.05, 4.69) is 17.6 Å². The maximum atomic E-state index is 11.9. The summed E-state index contributed by atoms with van der Waals surface area (Å²) < 4.78 is 10.6. The lowest BCUT2D eigenvalue weighted by Gasteiger charge is -2.43. The maximum Gasteiger partial charge on any atom is 0.408 e. The molecule has 5 nitrogen and oxygen atoms in total. The zero-order chi connectivity index (χ0) is 15.4. The molecule has 0 bridgehead atoms. The number of ether oxygens (including phenoxy) is 2. The summed E-state index contributed by atoms with van der Waals surface area (Å²) in [6, 6.07) is 0.248. The molecule has 118 valence electrons. The van der Waals surface area contributed by atoms with Gasteiger partial charge in [0.25, 0.3) is 0 Å². The number of alkyl carbamates (subject to hydrolysis) is 1. The Morgan fingerprint density at radius 1 is 1.30 bits per heavy atom. The lowest BCUT2D eigenvalue weighted by Crippen LogP contribution is -2.61. The minimum absolute atomic E-state index is 0.147. The van der Waals surface area contributed by atoms with Crippen LogP contribution in [0.25, 0.3) is 0 Å². The highest BCUT2D eigenvalue weighted by molar-refractivity contribution is 5.69. The molecule has 0 radical (unpaired) electrons. The van der Waals surface area contributed by atoms with Gasteiger partial charge in [0.1, 0.15) is 5.60 Å². The summed E-state index contributed by atoms with van der Waals surface area (Å²) in [5, 5.41) is 6.48. The number of hydrogen-bond acceptors (Lipinski definition) is 4. The summed E-state index contributed by atoms with van der Waals surface area (Å²) in [7, 11) is 1.71. The molecule has 2 unspecified atom stereocenters. The average Bonchev–Trinajstić information content (AvgIpc) is 2.28. The van der Waals surface area contributed by atoms with E-state index in [1.807, 2.05) is 27.7 Å². The van der Waals surface area contributed by atoms with Gasteiger partial charge in [-0.2, -0.15) is 0 Å². The van der Waals surface area contributed by atoms with E-state index in [0.29, 0.717) is 0 Å². The van der Waals surface area contributed by atoms with Crippen LogP contribution in [0.5, 0.6) is 0 Å². The maximum absolute atomic E-state index is 11.9. The fourth-order valence-electron chi connectivity index (χ4n) is 2.20. The summed E-state index contributed by atoms with van der Waals surface area (Å²) >= 11 is 0. The molecular formula is C15H30N2O3. The van der Waals surface area contributed by atoms with E-state index in [4.69, 9.17) is 9.47 Å². The first kappa shape index (κ1) is 17.2. The van der Waals surface area contributed by atoms with Crippen LogP contribution in [0.15, 0.2) is 0 Å². The Bertz CT molecular complexity index is 322. The van der Waals surface area contributed by atoms with Gasteiger partial charge in [0.2, 0.25) is 0 Å². The number of hydrogen-bond donors (Lipinski definition) is 2. The van der Waals surface area contributed by atoms with Crippen LogP contribution in [-0.4, -0.2) is 43.0 Å². The third-order valence-corrected chi connectivity index (χ3v) is 3.92. The van der Waals surface area contributed by atoms with Crippen molar-refractivity contribution < 1.29 is 14.3 Å². The molecular weight excluding hydrogens is 256 g/mol. The van der Waals surface area contributed by atoms with E-state index >= 15 is 0 Å². The first-order valence-corrected chi connectivity index (χ1v) is 7.45. The van der Waals surface area contributed by atoms with Gasteiger partial charge in [-0.1, -0.05) is 0 Å². The summed E-state index contributed by atoms with van der Waals surface area (Å²) in [5.41, 5.74) is -0.621. The monoisotopic (exact) mass is 286 g/mol. The first-order chi connectivity index (χ1) is 9.17. The predicted octanol–water partition coefficient (Wildman–Crippen LogP) is 2.45. The molecule has 0 spiro atoms. The van der Waals surface area contributed by atoms with Crippen molar-refractivity contribution in [2.75, 3.05) is 13.7 Å². The molecule has 1 fully saturated rings. The Balaban J connectivity index is 2.45. The summed E-state index contributed by atoms with van der Waals surface area (Å²) in [6.45, 7) is 10.5. The van der Waals surface area contributed by atoms with Crippen LogP contribution in [0.2, 0.25) is 0 Å². The Morgan fingerprint density at radius 3 is 2.30 bits per heavy atom. The van der Waals surface area contributed by atoms with E-state index in [9.17, 15) is 4.79 Å². The van der Waals surface area contributed by atoms with Gasteiger partial charge >= 0.3 is 6.09 Å². The van der Waals surface area contributed by atoms with E-state index < -0.39 is 5.60 Å².